The van der Waals surface area contributed by atoms with Gasteiger partial charge in [0.05, 0.1) is 15.7 Å². The van der Waals surface area contributed by atoms with Crippen molar-refractivity contribution in [1.82, 2.24) is 5.32 Å². The Labute approximate surface area is 128 Å². The number of thioether (sulfide) groups is 1. The minimum absolute atomic E-state index is 0.00469. The zero-order chi connectivity index (χ0) is 14.5. The van der Waals surface area contributed by atoms with Crippen molar-refractivity contribution in [2.45, 2.75) is 4.90 Å². The number of hydrogen-bond acceptors (Lipinski definition) is 4. The Bertz CT molecular complexity index is 631. The molecule has 0 atom stereocenters. The Morgan fingerprint density at radius 3 is 2.80 bits per heavy atom. The van der Waals surface area contributed by atoms with Crippen molar-refractivity contribution in [1.29, 1.82) is 0 Å². The van der Waals surface area contributed by atoms with Crippen molar-refractivity contribution < 1.29 is 14.0 Å². The summed E-state index contributed by atoms with van der Waals surface area (Å²) in [6.07, 6.45) is 0. The van der Waals surface area contributed by atoms with E-state index in [1.54, 1.807) is 17.5 Å². The number of nitrogens with one attached hydrogen (secondary N) is 1. The number of carbonyl (C=O) groups is 2. The Morgan fingerprint density at radius 1 is 1.35 bits per heavy atom. The maximum atomic E-state index is 13.0. The SMILES string of the molecule is O=C(CSc1ccc(F)c(Cl)c1)NC(=O)c1cccs1. The van der Waals surface area contributed by atoms with Gasteiger partial charge in [-0.25, -0.2) is 4.39 Å². The van der Waals surface area contributed by atoms with Gasteiger partial charge in [0.15, 0.2) is 0 Å². The summed E-state index contributed by atoms with van der Waals surface area (Å²) in [5, 5.41) is 4.05. The first-order valence-corrected chi connectivity index (χ1v) is 7.76. The molecule has 1 aromatic heterocycles. The van der Waals surface area contributed by atoms with E-state index in [2.05, 4.69) is 5.32 Å². The van der Waals surface area contributed by atoms with Gasteiger partial charge in [-0.05, 0) is 29.6 Å². The summed E-state index contributed by atoms with van der Waals surface area (Å²) in [5.74, 6) is -1.27. The van der Waals surface area contributed by atoms with E-state index in [-0.39, 0.29) is 10.8 Å². The minimum atomic E-state index is -0.506. The molecule has 2 rings (SSSR count). The zero-order valence-corrected chi connectivity index (χ0v) is 12.4. The van der Waals surface area contributed by atoms with E-state index in [4.69, 9.17) is 11.6 Å². The van der Waals surface area contributed by atoms with Crippen LogP contribution in [0, 0.1) is 5.82 Å². The highest BCUT2D eigenvalue weighted by Crippen LogP contribution is 2.23. The molecule has 7 heteroatoms. The number of hydrogen-bond donors (Lipinski definition) is 1. The fraction of sp³-hybridized carbons (Fsp3) is 0.0769. The highest BCUT2D eigenvalue weighted by atomic mass is 35.5. The van der Waals surface area contributed by atoms with Crippen LogP contribution in [0.2, 0.25) is 5.02 Å². The van der Waals surface area contributed by atoms with Crippen molar-refractivity contribution in [2.24, 2.45) is 0 Å². The molecule has 2 aromatic rings. The van der Waals surface area contributed by atoms with Gasteiger partial charge in [0, 0.05) is 4.90 Å². The number of rotatable bonds is 4. The first-order chi connectivity index (χ1) is 9.56. The topological polar surface area (TPSA) is 46.2 Å². The molecule has 0 aliphatic heterocycles. The van der Waals surface area contributed by atoms with Gasteiger partial charge in [-0.1, -0.05) is 17.7 Å². The summed E-state index contributed by atoms with van der Waals surface area (Å²) >= 11 is 8.08. The highest BCUT2D eigenvalue weighted by molar-refractivity contribution is 8.00. The molecular formula is C13H9ClFNO2S2. The van der Waals surface area contributed by atoms with Crippen molar-refractivity contribution in [3.63, 3.8) is 0 Å². The third-order valence-electron chi connectivity index (χ3n) is 2.26. The van der Waals surface area contributed by atoms with Crippen LogP contribution < -0.4 is 5.32 Å². The lowest BCUT2D eigenvalue weighted by molar-refractivity contribution is -0.117. The van der Waals surface area contributed by atoms with Gasteiger partial charge in [-0.15, -0.1) is 23.1 Å². The van der Waals surface area contributed by atoms with Crippen LogP contribution in [0.5, 0.6) is 0 Å². The van der Waals surface area contributed by atoms with Crippen LogP contribution in [0.25, 0.3) is 0 Å². The largest absolute Gasteiger partial charge is 0.291 e. The monoisotopic (exact) mass is 329 g/mol. The summed E-state index contributed by atoms with van der Waals surface area (Å²) in [7, 11) is 0. The van der Waals surface area contributed by atoms with Gasteiger partial charge in [-0.3, -0.25) is 14.9 Å². The van der Waals surface area contributed by atoms with Gasteiger partial charge in [0.25, 0.3) is 5.91 Å². The van der Waals surface area contributed by atoms with Crippen molar-refractivity contribution in [3.05, 3.63) is 51.4 Å². The second-order valence-corrected chi connectivity index (χ2v) is 6.12. The molecule has 0 aliphatic rings. The van der Waals surface area contributed by atoms with Crippen LogP contribution in [0.1, 0.15) is 9.67 Å². The average molecular weight is 330 g/mol. The van der Waals surface area contributed by atoms with Crippen LogP contribution in [0.4, 0.5) is 4.39 Å². The smallest absolute Gasteiger partial charge is 0.267 e. The van der Waals surface area contributed by atoms with Crippen LogP contribution in [-0.4, -0.2) is 17.6 Å². The highest BCUT2D eigenvalue weighted by Gasteiger charge is 2.11. The fourth-order valence-corrected chi connectivity index (χ4v) is 2.95. The second-order valence-electron chi connectivity index (χ2n) is 3.72. The molecule has 104 valence electrons. The van der Waals surface area contributed by atoms with Gasteiger partial charge >= 0.3 is 0 Å². The Balaban J connectivity index is 1.86. The fourth-order valence-electron chi connectivity index (χ4n) is 1.35. The predicted molar refractivity (Wildman–Crippen MR) is 78.9 cm³/mol. The third-order valence-corrected chi connectivity index (χ3v) is 4.41. The van der Waals surface area contributed by atoms with E-state index in [9.17, 15) is 14.0 Å². The molecule has 0 saturated heterocycles. The molecule has 0 radical (unpaired) electrons. The molecule has 3 nitrogen and oxygen atoms in total. The normalized spacial score (nSPS) is 10.3. The first kappa shape index (κ1) is 15.0. The van der Waals surface area contributed by atoms with Crippen LogP contribution in [0.3, 0.4) is 0 Å². The molecule has 0 bridgehead atoms. The lowest BCUT2D eigenvalue weighted by Gasteiger charge is -2.03. The molecule has 2 amide bonds. The van der Waals surface area contributed by atoms with Crippen LogP contribution >= 0.6 is 34.7 Å². The lowest BCUT2D eigenvalue weighted by Crippen LogP contribution is -2.31. The van der Waals surface area contributed by atoms with E-state index in [1.165, 1.54) is 41.3 Å². The number of amides is 2. The summed E-state index contributed by atoms with van der Waals surface area (Å²) in [6.45, 7) is 0. The summed E-state index contributed by atoms with van der Waals surface area (Å²) in [4.78, 5) is 24.4. The molecular weight excluding hydrogens is 321 g/mol. The van der Waals surface area contributed by atoms with E-state index in [0.717, 1.165) is 0 Å². The molecule has 1 N–H and O–H groups in total. The van der Waals surface area contributed by atoms with E-state index in [0.29, 0.717) is 9.77 Å². The number of benzene rings is 1. The maximum Gasteiger partial charge on any atom is 0.267 e. The Morgan fingerprint density at radius 2 is 2.15 bits per heavy atom. The molecule has 0 unspecified atom stereocenters. The standard InChI is InChI=1S/C13H9ClFNO2S2/c14-9-6-8(3-4-10(9)15)20-7-12(17)16-13(18)11-2-1-5-19-11/h1-6H,7H2,(H,16,17,18). The van der Waals surface area contributed by atoms with Crippen LogP contribution in [-0.2, 0) is 4.79 Å². The van der Waals surface area contributed by atoms with E-state index >= 15 is 0 Å². The molecule has 20 heavy (non-hydrogen) atoms. The summed E-state index contributed by atoms with van der Waals surface area (Å²) in [5.41, 5.74) is 0. The predicted octanol–water partition coefficient (Wildman–Crippen LogP) is 3.59. The van der Waals surface area contributed by atoms with Gasteiger partial charge < -0.3 is 0 Å². The number of carbonyl (C=O) groups excluding carboxylic acids is 2. The van der Waals surface area contributed by atoms with Gasteiger partial charge in [0.2, 0.25) is 5.91 Å². The van der Waals surface area contributed by atoms with Gasteiger partial charge in [-0.2, -0.15) is 0 Å². The van der Waals surface area contributed by atoms with E-state index in [1.807, 2.05) is 0 Å². The quantitative estimate of drug-likeness (QED) is 0.872. The Hall–Kier alpha value is -1.37. The minimum Gasteiger partial charge on any atom is -0.291 e. The van der Waals surface area contributed by atoms with Crippen molar-refractivity contribution >= 4 is 46.5 Å². The maximum absolute atomic E-state index is 13.0. The molecule has 0 aliphatic carbocycles. The number of imide groups is 1. The van der Waals surface area contributed by atoms with Gasteiger partial charge in [0.1, 0.15) is 5.82 Å². The Kier molecular flexibility index (Phi) is 5.17. The summed E-state index contributed by atoms with van der Waals surface area (Å²) in [6, 6.07) is 7.58. The molecule has 1 aromatic carbocycles. The number of thiophene rings is 1. The molecule has 0 spiro atoms. The lowest BCUT2D eigenvalue weighted by atomic mass is 10.3. The van der Waals surface area contributed by atoms with E-state index < -0.39 is 17.6 Å². The van der Waals surface area contributed by atoms with Crippen LogP contribution in [0.15, 0.2) is 40.6 Å². The summed E-state index contributed by atoms with van der Waals surface area (Å²) < 4.78 is 13.0. The number of halogens is 2. The zero-order valence-electron chi connectivity index (χ0n) is 10.1. The van der Waals surface area contributed by atoms with Crippen molar-refractivity contribution in [3.8, 4) is 0 Å². The van der Waals surface area contributed by atoms with Crippen molar-refractivity contribution in [2.75, 3.05) is 5.75 Å². The molecule has 1 heterocycles. The first-order valence-electron chi connectivity index (χ1n) is 5.52. The molecule has 0 fully saturated rings. The third kappa shape index (κ3) is 4.06. The molecule has 0 saturated carbocycles. The second kappa shape index (κ2) is 6.88. The average Bonchev–Trinajstić information content (AvgIpc) is 2.94.